The molecule has 0 aromatic rings. The lowest BCUT2D eigenvalue weighted by Gasteiger charge is -2.06. The van der Waals surface area contributed by atoms with Crippen molar-refractivity contribution in [3.05, 3.63) is 0 Å². The maximum atomic E-state index is 10.2. The summed E-state index contributed by atoms with van der Waals surface area (Å²) in [6.45, 7) is 18.4. The van der Waals surface area contributed by atoms with E-state index >= 15 is 0 Å². The van der Waals surface area contributed by atoms with Crippen molar-refractivity contribution in [3.8, 4) is 0 Å². The number of carbonyl (C=O) groups is 3. The van der Waals surface area contributed by atoms with Gasteiger partial charge in [0.1, 0.15) is 0 Å². The van der Waals surface area contributed by atoms with E-state index in [4.69, 9.17) is 14.2 Å². The highest BCUT2D eigenvalue weighted by molar-refractivity contribution is 5.66. The van der Waals surface area contributed by atoms with Crippen LogP contribution < -0.4 is 0 Å². The Morgan fingerprint density at radius 3 is 0.852 bits per heavy atom. The number of esters is 3. The van der Waals surface area contributed by atoms with Crippen molar-refractivity contribution in [3.63, 3.8) is 0 Å². The minimum absolute atomic E-state index is 0.185. The molecule has 0 spiro atoms. The average Bonchev–Trinajstić information content (AvgIpc) is 2.62. The zero-order valence-corrected chi connectivity index (χ0v) is 18.9. The molecule has 6 heteroatoms. The molecule has 3 atom stereocenters. The molecular formula is C21H42O6. The van der Waals surface area contributed by atoms with Gasteiger partial charge in [-0.3, -0.25) is 14.4 Å². The normalized spacial score (nSPS) is 12.8. The van der Waals surface area contributed by atoms with Gasteiger partial charge in [0.25, 0.3) is 0 Å². The molecule has 0 amide bonds. The second-order valence-electron chi connectivity index (χ2n) is 6.95. The second-order valence-corrected chi connectivity index (χ2v) is 6.95. The van der Waals surface area contributed by atoms with Gasteiger partial charge in [0.15, 0.2) is 0 Å². The fourth-order valence-corrected chi connectivity index (χ4v) is 1.13. The van der Waals surface area contributed by atoms with Gasteiger partial charge in [-0.2, -0.15) is 0 Å². The molecule has 0 aromatic carbocycles. The van der Waals surface area contributed by atoms with E-state index in [2.05, 4.69) is 41.5 Å². The molecule has 27 heavy (non-hydrogen) atoms. The van der Waals surface area contributed by atoms with E-state index in [1.54, 1.807) is 0 Å². The van der Waals surface area contributed by atoms with Gasteiger partial charge in [-0.1, -0.05) is 60.8 Å². The number of ether oxygens (including phenoxy) is 3. The number of hydrogen-bond donors (Lipinski definition) is 0. The molecule has 3 unspecified atom stereocenters. The standard InChI is InChI=1S/3C7H14O2/c3*1-4-6(2)5-9-7(3)8/h3*6H,4-5H2,1-3H3. The molecule has 0 aliphatic carbocycles. The topological polar surface area (TPSA) is 78.9 Å². The van der Waals surface area contributed by atoms with Crippen molar-refractivity contribution < 1.29 is 28.6 Å². The summed E-state index contributed by atoms with van der Waals surface area (Å²) < 4.78 is 14.3. The van der Waals surface area contributed by atoms with Crippen molar-refractivity contribution >= 4 is 17.9 Å². The van der Waals surface area contributed by atoms with Gasteiger partial charge < -0.3 is 14.2 Å². The molecular weight excluding hydrogens is 348 g/mol. The molecule has 6 nitrogen and oxygen atoms in total. The second kappa shape index (κ2) is 20.7. The van der Waals surface area contributed by atoms with Crippen LogP contribution in [0, 0.1) is 17.8 Å². The summed E-state index contributed by atoms with van der Waals surface area (Å²) >= 11 is 0. The van der Waals surface area contributed by atoms with Crippen LogP contribution in [0.1, 0.15) is 81.6 Å². The smallest absolute Gasteiger partial charge is 0.302 e. The molecule has 0 saturated carbocycles. The number of carbonyl (C=O) groups excluding carboxylic acids is 3. The van der Waals surface area contributed by atoms with E-state index in [1.165, 1.54) is 20.8 Å². The fraction of sp³-hybridized carbons (Fsp3) is 0.857. The van der Waals surface area contributed by atoms with Gasteiger partial charge in [-0.05, 0) is 17.8 Å². The summed E-state index contributed by atoms with van der Waals surface area (Å²) in [6, 6.07) is 0. The van der Waals surface area contributed by atoms with Crippen LogP contribution in [-0.2, 0) is 28.6 Å². The third kappa shape index (κ3) is 32.5. The predicted molar refractivity (Wildman–Crippen MR) is 108 cm³/mol. The molecule has 0 fully saturated rings. The first kappa shape index (κ1) is 30.1. The molecule has 0 radical (unpaired) electrons. The maximum absolute atomic E-state index is 10.2. The zero-order chi connectivity index (χ0) is 21.8. The molecule has 0 rings (SSSR count). The Morgan fingerprint density at radius 2 is 0.741 bits per heavy atom. The summed E-state index contributed by atoms with van der Waals surface area (Å²) in [6.07, 6.45) is 3.19. The van der Waals surface area contributed by atoms with E-state index < -0.39 is 0 Å². The maximum Gasteiger partial charge on any atom is 0.302 e. The molecule has 0 aliphatic rings. The Bertz CT molecular complexity index is 324. The van der Waals surface area contributed by atoms with Gasteiger partial charge in [-0.25, -0.2) is 0 Å². The van der Waals surface area contributed by atoms with Gasteiger partial charge in [0.2, 0.25) is 0 Å². The highest BCUT2D eigenvalue weighted by Gasteiger charge is 2.00. The Hall–Kier alpha value is -1.59. The van der Waals surface area contributed by atoms with E-state index in [1.807, 2.05) is 0 Å². The first-order valence-electron chi connectivity index (χ1n) is 9.89. The summed E-state index contributed by atoms with van der Waals surface area (Å²) in [5, 5.41) is 0. The summed E-state index contributed by atoms with van der Waals surface area (Å²) in [5.41, 5.74) is 0. The SMILES string of the molecule is CCC(C)COC(C)=O.CCC(C)COC(C)=O.CCC(C)COC(C)=O. The Morgan fingerprint density at radius 1 is 0.556 bits per heavy atom. The van der Waals surface area contributed by atoms with Crippen LogP contribution in [0.25, 0.3) is 0 Å². The van der Waals surface area contributed by atoms with Crippen LogP contribution in [0.15, 0.2) is 0 Å². The Balaban J connectivity index is -0.000000320. The van der Waals surface area contributed by atoms with Gasteiger partial charge in [0, 0.05) is 20.8 Å². The lowest BCUT2D eigenvalue weighted by Crippen LogP contribution is -2.07. The molecule has 0 N–H and O–H groups in total. The zero-order valence-electron chi connectivity index (χ0n) is 18.9. The molecule has 162 valence electrons. The minimum Gasteiger partial charge on any atom is -0.466 e. The van der Waals surface area contributed by atoms with E-state index in [9.17, 15) is 14.4 Å². The van der Waals surface area contributed by atoms with Crippen molar-refractivity contribution in [2.45, 2.75) is 81.6 Å². The van der Waals surface area contributed by atoms with Gasteiger partial charge >= 0.3 is 17.9 Å². The van der Waals surface area contributed by atoms with Crippen LogP contribution in [-0.4, -0.2) is 37.7 Å². The first-order valence-corrected chi connectivity index (χ1v) is 9.89. The number of rotatable bonds is 9. The van der Waals surface area contributed by atoms with Crippen LogP contribution >= 0.6 is 0 Å². The molecule has 0 aliphatic heterocycles. The Labute approximate surface area is 166 Å². The summed E-state index contributed by atoms with van der Waals surface area (Å²) in [7, 11) is 0. The fourth-order valence-electron chi connectivity index (χ4n) is 1.13. The first-order chi connectivity index (χ1) is 12.5. The lowest BCUT2D eigenvalue weighted by atomic mass is 10.1. The van der Waals surface area contributed by atoms with Gasteiger partial charge in [-0.15, -0.1) is 0 Å². The van der Waals surface area contributed by atoms with E-state index in [0.29, 0.717) is 37.6 Å². The van der Waals surface area contributed by atoms with Crippen molar-refractivity contribution in [2.24, 2.45) is 17.8 Å². The van der Waals surface area contributed by atoms with Crippen molar-refractivity contribution in [1.82, 2.24) is 0 Å². The largest absolute Gasteiger partial charge is 0.466 e. The van der Waals surface area contributed by atoms with Gasteiger partial charge in [0.05, 0.1) is 19.8 Å². The van der Waals surface area contributed by atoms with Crippen LogP contribution in [0.4, 0.5) is 0 Å². The van der Waals surface area contributed by atoms with Crippen LogP contribution in [0.5, 0.6) is 0 Å². The minimum atomic E-state index is -0.185. The third-order valence-electron chi connectivity index (χ3n) is 3.80. The highest BCUT2D eigenvalue weighted by atomic mass is 16.5. The molecule has 0 bridgehead atoms. The monoisotopic (exact) mass is 390 g/mol. The van der Waals surface area contributed by atoms with E-state index in [-0.39, 0.29) is 17.9 Å². The van der Waals surface area contributed by atoms with Crippen LogP contribution in [0.2, 0.25) is 0 Å². The van der Waals surface area contributed by atoms with E-state index in [0.717, 1.165) is 19.3 Å². The van der Waals surface area contributed by atoms with Crippen molar-refractivity contribution in [2.75, 3.05) is 19.8 Å². The molecule has 0 heterocycles. The predicted octanol–water partition coefficient (Wildman–Crippen LogP) is 4.79. The average molecular weight is 391 g/mol. The molecule has 0 aromatic heterocycles. The number of hydrogen-bond acceptors (Lipinski definition) is 6. The quantitative estimate of drug-likeness (QED) is 0.416. The highest BCUT2D eigenvalue weighted by Crippen LogP contribution is 2.01. The summed E-state index contributed by atoms with van der Waals surface area (Å²) in [5.74, 6) is 0.928. The lowest BCUT2D eigenvalue weighted by molar-refractivity contribution is -0.143. The molecule has 0 saturated heterocycles. The third-order valence-corrected chi connectivity index (χ3v) is 3.80. The summed E-state index contributed by atoms with van der Waals surface area (Å²) in [4.78, 5) is 30.7. The Kier molecular flexibility index (Phi) is 23.1. The van der Waals surface area contributed by atoms with Crippen LogP contribution in [0.3, 0.4) is 0 Å². The van der Waals surface area contributed by atoms with Crippen molar-refractivity contribution in [1.29, 1.82) is 0 Å².